The van der Waals surface area contributed by atoms with Crippen molar-refractivity contribution in [2.75, 3.05) is 60.0 Å². The molecule has 2 saturated heterocycles. The smallest absolute Gasteiger partial charge is 0.374 e. The van der Waals surface area contributed by atoms with Crippen molar-refractivity contribution in [1.29, 1.82) is 0 Å². The number of nitrogens with one attached hydrogen (secondary N) is 2. The van der Waals surface area contributed by atoms with Gasteiger partial charge in [0, 0.05) is 77.0 Å². The lowest BCUT2D eigenvalue weighted by Crippen LogP contribution is -2.66. The Morgan fingerprint density at radius 2 is 1.91 bits per heavy atom. The molecule has 2 N–H and O–H groups in total. The van der Waals surface area contributed by atoms with E-state index in [1.54, 1.807) is 25.6 Å². The molecule has 13 heteroatoms. The largest absolute Gasteiger partial charge is 0.403 e. The second kappa shape index (κ2) is 12.9. The lowest BCUT2D eigenvalue weighted by Gasteiger charge is -2.48. The number of piperazine rings is 1. The van der Waals surface area contributed by atoms with Crippen molar-refractivity contribution in [2.24, 2.45) is 5.41 Å². The number of halogens is 3. The van der Waals surface area contributed by atoms with Gasteiger partial charge < -0.3 is 34.8 Å². The van der Waals surface area contributed by atoms with Gasteiger partial charge in [0.1, 0.15) is 16.7 Å². The van der Waals surface area contributed by atoms with Gasteiger partial charge in [-0.15, -0.1) is 0 Å². The number of nitrogens with zero attached hydrogens (tertiary/aromatic N) is 4. The van der Waals surface area contributed by atoms with Gasteiger partial charge in [0.25, 0.3) is 5.91 Å². The lowest BCUT2D eigenvalue weighted by atomic mass is 9.83. The summed E-state index contributed by atoms with van der Waals surface area (Å²) in [5, 5.41) is 6.43. The molecule has 5 rings (SSSR count). The van der Waals surface area contributed by atoms with E-state index in [4.69, 9.17) is 9.47 Å². The number of aromatic nitrogens is 1. The number of ether oxygens (including phenoxy) is 2. The van der Waals surface area contributed by atoms with Crippen LogP contribution in [0.1, 0.15) is 51.5 Å². The normalized spacial score (nSPS) is 26.4. The summed E-state index contributed by atoms with van der Waals surface area (Å²) in [6.45, 7) is 6.33. The van der Waals surface area contributed by atoms with Crippen molar-refractivity contribution in [3.63, 3.8) is 0 Å². The summed E-state index contributed by atoms with van der Waals surface area (Å²) in [5.41, 5.74) is -2.40. The summed E-state index contributed by atoms with van der Waals surface area (Å²) in [4.78, 5) is 37.3. The van der Waals surface area contributed by atoms with Crippen molar-refractivity contribution < 1.29 is 32.2 Å². The van der Waals surface area contributed by atoms with Crippen molar-refractivity contribution >= 4 is 11.8 Å². The van der Waals surface area contributed by atoms with E-state index in [1.165, 1.54) is 4.90 Å². The maximum absolute atomic E-state index is 14.3. The molecule has 0 bridgehead atoms. The molecule has 4 aliphatic rings. The number of dihydropyridines is 1. The Morgan fingerprint density at radius 1 is 1.18 bits per heavy atom. The number of pyridine rings is 1. The first-order valence-corrected chi connectivity index (χ1v) is 15.8. The number of likely N-dealkylation sites (N-methyl/N-ethyl adjacent to an activating group) is 1. The first kappa shape index (κ1) is 33.2. The van der Waals surface area contributed by atoms with Gasteiger partial charge in [0.15, 0.2) is 5.72 Å². The maximum Gasteiger partial charge on any atom is 0.403 e. The van der Waals surface area contributed by atoms with Crippen LogP contribution in [0.2, 0.25) is 0 Å². The molecule has 1 aliphatic carbocycles. The number of alkyl halides is 3. The molecule has 2 amide bonds. The van der Waals surface area contributed by atoms with Crippen LogP contribution in [0.4, 0.5) is 13.2 Å². The maximum atomic E-state index is 14.3. The minimum absolute atomic E-state index is 0.123. The Morgan fingerprint density at radius 3 is 2.49 bits per heavy atom. The predicted octanol–water partition coefficient (Wildman–Crippen LogP) is 3.13. The number of hydrogen-bond acceptors (Lipinski definition) is 8. The monoisotopic (exact) mass is 634 g/mol. The second-order valence-electron chi connectivity index (χ2n) is 12.7. The van der Waals surface area contributed by atoms with E-state index >= 15 is 0 Å². The molecule has 0 spiro atoms. The molecule has 1 unspecified atom stereocenters. The molecule has 3 aliphatic heterocycles. The third-order valence-corrected chi connectivity index (χ3v) is 9.81. The molecule has 2 atom stereocenters. The topological polar surface area (TPSA) is 99.3 Å². The van der Waals surface area contributed by atoms with Gasteiger partial charge in [-0.2, -0.15) is 13.2 Å². The van der Waals surface area contributed by atoms with Crippen LogP contribution in [0.5, 0.6) is 0 Å². The third kappa shape index (κ3) is 6.18. The van der Waals surface area contributed by atoms with E-state index in [-0.39, 0.29) is 50.1 Å². The fourth-order valence-electron chi connectivity index (χ4n) is 7.32. The zero-order valence-corrected chi connectivity index (χ0v) is 26.6. The number of rotatable bonds is 10. The molecular weight excluding hydrogens is 589 g/mol. The van der Waals surface area contributed by atoms with E-state index < -0.39 is 28.8 Å². The number of amides is 2. The SMILES string of the molecule is CCOC1(c2cccnc2)C=CC(N2CCN(C(=O)C3(C(F)(F)F)CCCC3)C[C@H]2CC)=C(C(=O)NCC2(OC)CN(C)C2)N1. The Bertz CT molecular complexity index is 1290. The third-order valence-electron chi connectivity index (χ3n) is 9.81. The summed E-state index contributed by atoms with van der Waals surface area (Å²) in [5.74, 6) is -1.18. The van der Waals surface area contributed by atoms with Crippen molar-refractivity contribution in [3.8, 4) is 0 Å². The Labute approximate surface area is 263 Å². The predicted molar refractivity (Wildman–Crippen MR) is 161 cm³/mol. The van der Waals surface area contributed by atoms with E-state index in [1.807, 2.05) is 44.0 Å². The zero-order chi connectivity index (χ0) is 32.5. The fourth-order valence-corrected chi connectivity index (χ4v) is 7.32. The number of carbonyl (C=O) groups excluding carboxylic acids is 2. The molecule has 45 heavy (non-hydrogen) atoms. The molecule has 248 valence electrons. The molecule has 10 nitrogen and oxygen atoms in total. The average Bonchev–Trinajstić information content (AvgIpc) is 3.54. The van der Waals surface area contributed by atoms with Gasteiger partial charge in [-0.3, -0.25) is 14.6 Å². The molecule has 0 radical (unpaired) electrons. The number of allylic oxidation sites excluding steroid dienone is 1. The van der Waals surface area contributed by atoms with Gasteiger partial charge in [-0.1, -0.05) is 25.8 Å². The van der Waals surface area contributed by atoms with Crippen LogP contribution < -0.4 is 10.6 Å². The highest BCUT2D eigenvalue weighted by Crippen LogP contribution is 2.52. The van der Waals surface area contributed by atoms with E-state index in [9.17, 15) is 22.8 Å². The van der Waals surface area contributed by atoms with Crippen LogP contribution in [0, 0.1) is 5.41 Å². The van der Waals surface area contributed by atoms with Crippen LogP contribution in [0.3, 0.4) is 0 Å². The van der Waals surface area contributed by atoms with Crippen molar-refractivity contribution in [2.45, 2.75) is 69.5 Å². The quantitative estimate of drug-likeness (QED) is 0.405. The molecule has 3 fully saturated rings. The van der Waals surface area contributed by atoms with Crippen LogP contribution in [-0.2, 0) is 24.8 Å². The number of methoxy groups -OCH3 is 1. The van der Waals surface area contributed by atoms with Gasteiger partial charge >= 0.3 is 6.18 Å². The Hall–Kier alpha value is -3.16. The summed E-state index contributed by atoms with van der Waals surface area (Å²) in [7, 11) is 3.62. The summed E-state index contributed by atoms with van der Waals surface area (Å²) in [6.07, 6.45) is 3.45. The summed E-state index contributed by atoms with van der Waals surface area (Å²) >= 11 is 0. The minimum Gasteiger partial charge on any atom is -0.374 e. The number of likely N-dealkylation sites (tertiary alicyclic amines) is 1. The first-order valence-electron chi connectivity index (χ1n) is 15.8. The van der Waals surface area contributed by atoms with Crippen LogP contribution in [0.15, 0.2) is 48.1 Å². The van der Waals surface area contributed by atoms with E-state index in [0.29, 0.717) is 56.8 Å². The average molecular weight is 635 g/mol. The molecule has 1 aromatic heterocycles. The molecular formula is C32H45F3N6O4. The van der Waals surface area contributed by atoms with Gasteiger partial charge in [-0.05, 0) is 51.5 Å². The van der Waals surface area contributed by atoms with Gasteiger partial charge in [-0.25, -0.2) is 0 Å². The number of hydrogen-bond donors (Lipinski definition) is 2. The van der Waals surface area contributed by atoms with Crippen molar-refractivity contribution in [3.05, 3.63) is 53.6 Å². The summed E-state index contributed by atoms with van der Waals surface area (Å²) < 4.78 is 54.8. The molecule has 1 aromatic rings. The summed E-state index contributed by atoms with van der Waals surface area (Å²) in [6, 6.07) is 3.35. The highest BCUT2D eigenvalue weighted by Gasteiger charge is 2.62. The van der Waals surface area contributed by atoms with E-state index in [2.05, 4.69) is 20.5 Å². The molecule has 0 aromatic carbocycles. The first-order chi connectivity index (χ1) is 21.4. The second-order valence-corrected chi connectivity index (χ2v) is 12.7. The lowest BCUT2D eigenvalue weighted by molar-refractivity contribution is -0.226. The van der Waals surface area contributed by atoms with Gasteiger partial charge in [0.2, 0.25) is 5.91 Å². The van der Waals surface area contributed by atoms with Crippen molar-refractivity contribution in [1.82, 2.24) is 30.3 Å². The fraction of sp³-hybridized carbons (Fsp3) is 0.656. The highest BCUT2D eigenvalue weighted by molar-refractivity contribution is 5.94. The number of carbonyl (C=O) groups is 2. The van der Waals surface area contributed by atoms with Gasteiger partial charge in [0.05, 0.1) is 5.70 Å². The Kier molecular flexibility index (Phi) is 9.53. The zero-order valence-electron chi connectivity index (χ0n) is 26.6. The molecule has 4 heterocycles. The minimum atomic E-state index is -4.59. The highest BCUT2D eigenvalue weighted by atomic mass is 19.4. The Balaban J connectivity index is 1.45. The van der Waals surface area contributed by atoms with Crippen LogP contribution in [0.25, 0.3) is 0 Å². The van der Waals surface area contributed by atoms with E-state index in [0.717, 1.165) is 0 Å². The van der Waals surface area contributed by atoms with Crippen LogP contribution >= 0.6 is 0 Å². The molecule has 1 saturated carbocycles. The standard InChI is InChI=1S/C32H45F3N6O4/c1-5-24-19-40(28(43)30(32(33,34)35)12-7-8-13-30)16-17-41(24)25-11-14-31(45-6-2,23-10-9-15-36-18-23)38-26(25)27(42)37-20-29(44-4)21-39(3)22-29/h9-11,14-15,18,24,38H,5-8,12-13,16-17,19-22H2,1-4H3,(H,37,42)/t24-,31?/m1/s1. The van der Waals surface area contributed by atoms with Crippen LogP contribution in [-0.4, -0.2) is 109 Å².